The van der Waals surface area contributed by atoms with Crippen molar-refractivity contribution < 1.29 is 9.90 Å². The number of benzene rings is 1. The molecule has 1 aromatic carbocycles. The quantitative estimate of drug-likeness (QED) is 0.934. The third-order valence-corrected chi connectivity index (χ3v) is 3.52. The molecule has 1 heterocycles. The molecule has 0 aliphatic rings. The summed E-state index contributed by atoms with van der Waals surface area (Å²) in [4.78, 5) is 27.2. The van der Waals surface area contributed by atoms with E-state index in [-0.39, 0.29) is 5.56 Å². The number of aromatic nitrogens is 2. The first kappa shape index (κ1) is 15.0. The second-order valence-electron chi connectivity index (χ2n) is 5.17. The minimum absolute atomic E-state index is 0.0806. The molecule has 0 saturated carbocycles. The van der Waals surface area contributed by atoms with Crippen LogP contribution in [0.1, 0.15) is 35.5 Å². The van der Waals surface area contributed by atoms with Gasteiger partial charge in [0.15, 0.2) is 0 Å². The fourth-order valence-electron chi connectivity index (χ4n) is 2.19. The Morgan fingerprint density at radius 3 is 2.43 bits per heavy atom. The minimum Gasteiger partial charge on any atom is -0.481 e. The van der Waals surface area contributed by atoms with Crippen LogP contribution in [0.4, 0.5) is 0 Å². The highest BCUT2D eigenvalue weighted by molar-refractivity contribution is 5.75. The summed E-state index contributed by atoms with van der Waals surface area (Å²) in [6.45, 7) is 5.67. The molecule has 5 nitrogen and oxygen atoms in total. The van der Waals surface area contributed by atoms with E-state index in [4.69, 9.17) is 5.11 Å². The van der Waals surface area contributed by atoms with E-state index < -0.39 is 11.9 Å². The van der Waals surface area contributed by atoms with Crippen molar-refractivity contribution in [2.24, 2.45) is 0 Å². The number of aryl methyl sites for hydroxylation is 2. The smallest absolute Gasteiger partial charge is 0.310 e. The van der Waals surface area contributed by atoms with E-state index in [1.165, 1.54) is 6.07 Å². The Labute approximate surface area is 122 Å². The van der Waals surface area contributed by atoms with Crippen LogP contribution < -0.4 is 5.56 Å². The van der Waals surface area contributed by atoms with Crippen molar-refractivity contribution >= 4 is 5.97 Å². The lowest BCUT2D eigenvalue weighted by molar-refractivity contribution is -0.138. The monoisotopic (exact) mass is 286 g/mol. The first-order chi connectivity index (χ1) is 9.88. The Hall–Kier alpha value is -2.43. The van der Waals surface area contributed by atoms with Crippen LogP contribution in [0, 0.1) is 13.8 Å². The summed E-state index contributed by atoms with van der Waals surface area (Å²) >= 11 is 0. The number of rotatable bonds is 4. The molecule has 21 heavy (non-hydrogen) atoms. The third kappa shape index (κ3) is 3.37. The van der Waals surface area contributed by atoms with E-state index in [2.05, 4.69) is 4.98 Å². The van der Waals surface area contributed by atoms with Gasteiger partial charge in [-0.1, -0.05) is 24.3 Å². The number of carboxylic acids is 1. The Kier molecular flexibility index (Phi) is 4.21. The maximum absolute atomic E-state index is 12.0. The summed E-state index contributed by atoms with van der Waals surface area (Å²) in [6.07, 6.45) is 0. The van der Waals surface area contributed by atoms with Crippen LogP contribution in [-0.4, -0.2) is 20.6 Å². The summed E-state index contributed by atoms with van der Waals surface area (Å²) in [6, 6.07) is 8.78. The van der Waals surface area contributed by atoms with Crippen LogP contribution in [0.5, 0.6) is 0 Å². The second kappa shape index (κ2) is 5.91. The second-order valence-corrected chi connectivity index (χ2v) is 5.17. The van der Waals surface area contributed by atoms with Crippen molar-refractivity contribution in [1.29, 1.82) is 0 Å². The maximum Gasteiger partial charge on any atom is 0.310 e. The number of nitrogens with zero attached hydrogens (tertiary/aromatic N) is 2. The van der Waals surface area contributed by atoms with Gasteiger partial charge in [-0.2, -0.15) is 0 Å². The van der Waals surface area contributed by atoms with E-state index >= 15 is 0 Å². The highest BCUT2D eigenvalue weighted by atomic mass is 16.4. The molecule has 0 saturated heterocycles. The Morgan fingerprint density at radius 1 is 1.29 bits per heavy atom. The van der Waals surface area contributed by atoms with Crippen LogP contribution in [0.15, 0.2) is 35.1 Å². The van der Waals surface area contributed by atoms with Crippen LogP contribution in [0.3, 0.4) is 0 Å². The highest BCUT2D eigenvalue weighted by Crippen LogP contribution is 2.16. The van der Waals surface area contributed by atoms with E-state index in [0.29, 0.717) is 18.1 Å². The lowest BCUT2D eigenvalue weighted by Crippen LogP contribution is -2.24. The SMILES string of the molecule is Cc1cc(=O)n(Cc2ccc(C(C)C(=O)O)cc2)c(C)n1. The molecule has 0 aliphatic carbocycles. The van der Waals surface area contributed by atoms with Crippen LogP contribution >= 0.6 is 0 Å². The average Bonchev–Trinajstić information content (AvgIpc) is 2.42. The number of carbonyl (C=O) groups is 1. The molecule has 2 aromatic rings. The molecule has 5 heteroatoms. The van der Waals surface area contributed by atoms with Gasteiger partial charge in [-0.15, -0.1) is 0 Å². The van der Waals surface area contributed by atoms with Gasteiger partial charge in [-0.3, -0.25) is 14.2 Å². The first-order valence-corrected chi connectivity index (χ1v) is 6.75. The van der Waals surface area contributed by atoms with Crippen LogP contribution in [-0.2, 0) is 11.3 Å². The van der Waals surface area contributed by atoms with Gasteiger partial charge in [0.25, 0.3) is 5.56 Å². The number of hydrogen-bond donors (Lipinski definition) is 1. The van der Waals surface area contributed by atoms with Gasteiger partial charge in [0.1, 0.15) is 5.82 Å². The van der Waals surface area contributed by atoms with Gasteiger partial charge in [-0.05, 0) is 31.9 Å². The Morgan fingerprint density at radius 2 is 1.90 bits per heavy atom. The van der Waals surface area contributed by atoms with E-state index in [9.17, 15) is 9.59 Å². The lowest BCUT2D eigenvalue weighted by Gasteiger charge is -2.11. The van der Waals surface area contributed by atoms with Crippen molar-refractivity contribution in [2.75, 3.05) is 0 Å². The third-order valence-electron chi connectivity index (χ3n) is 3.52. The zero-order valence-corrected chi connectivity index (χ0v) is 12.3. The van der Waals surface area contributed by atoms with Gasteiger partial charge in [0.05, 0.1) is 12.5 Å². The standard InChI is InChI=1S/C16H18N2O3/c1-10-8-15(19)18(12(3)17-10)9-13-4-6-14(7-5-13)11(2)16(20)21/h4-8,11H,9H2,1-3H3,(H,20,21). The van der Waals surface area contributed by atoms with Crippen molar-refractivity contribution in [1.82, 2.24) is 9.55 Å². The summed E-state index contributed by atoms with van der Waals surface area (Å²) in [5.41, 5.74) is 2.31. The molecule has 0 aliphatic heterocycles. The zero-order chi connectivity index (χ0) is 15.6. The molecule has 0 amide bonds. The van der Waals surface area contributed by atoms with E-state index in [1.54, 1.807) is 37.5 Å². The molecule has 110 valence electrons. The number of hydrogen-bond acceptors (Lipinski definition) is 3. The largest absolute Gasteiger partial charge is 0.481 e. The molecular weight excluding hydrogens is 268 g/mol. The molecule has 1 N–H and O–H groups in total. The molecule has 1 unspecified atom stereocenters. The molecule has 0 spiro atoms. The summed E-state index contributed by atoms with van der Waals surface area (Å²) < 4.78 is 1.60. The van der Waals surface area contributed by atoms with Gasteiger partial charge in [0, 0.05) is 11.8 Å². The normalized spacial score (nSPS) is 12.1. The fraction of sp³-hybridized carbons (Fsp3) is 0.312. The van der Waals surface area contributed by atoms with E-state index in [1.807, 2.05) is 12.1 Å². The summed E-state index contributed by atoms with van der Waals surface area (Å²) in [7, 11) is 0. The van der Waals surface area contributed by atoms with Crippen molar-refractivity contribution in [3.8, 4) is 0 Å². The molecule has 0 bridgehead atoms. The molecule has 1 aromatic heterocycles. The van der Waals surface area contributed by atoms with Gasteiger partial charge in [0.2, 0.25) is 0 Å². The van der Waals surface area contributed by atoms with Crippen molar-refractivity contribution in [2.45, 2.75) is 33.2 Å². The van der Waals surface area contributed by atoms with E-state index in [0.717, 1.165) is 11.1 Å². The minimum atomic E-state index is -0.849. The lowest BCUT2D eigenvalue weighted by atomic mass is 10.00. The summed E-state index contributed by atoms with van der Waals surface area (Å²) in [5.74, 6) is -0.718. The fourth-order valence-corrected chi connectivity index (χ4v) is 2.19. The Bertz CT molecular complexity index is 717. The molecule has 0 fully saturated rings. The molecule has 0 radical (unpaired) electrons. The first-order valence-electron chi connectivity index (χ1n) is 6.75. The molecule has 2 rings (SSSR count). The topological polar surface area (TPSA) is 72.2 Å². The summed E-state index contributed by atoms with van der Waals surface area (Å²) in [5, 5.41) is 8.98. The van der Waals surface area contributed by atoms with Crippen molar-refractivity contribution in [3.63, 3.8) is 0 Å². The predicted octanol–water partition coefficient (Wildman–Crippen LogP) is 2.10. The molecule has 1 atom stereocenters. The van der Waals surface area contributed by atoms with Crippen molar-refractivity contribution in [3.05, 3.63) is 63.3 Å². The average molecular weight is 286 g/mol. The number of carboxylic acid groups (broad SMARTS) is 1. The Balaban J connectivity index is 2.26. The van der Waals surface area contributed by atoms with Gasteiger partial charge < -0.3 is 5.11 Å². The van der Waals surface area contributed by atoms with Gasteiger partial charge in [-0.25, -0.2) is 4.98 Å². The van der Waals surface area contributed by atoms with Crippen LogP contribution in [0.2, 0.25) is 0 Å². The number of aliphatic carboxylic acids is 1. The van der Waals surface area contributed by atoms with Crippen LogP contribution in [0.25, 0.3) is 0 Å². The molecular formula is C16H18N2O3. The van der Waals surface area contributed by atoms with Gasteiger partial charge >= 0.3 is 5.97 Å². The highest BCUT2D eigenvalue weighted by Gasteiger charge is 2.13. The predicted molar refractivity (Wildman–Crippen MR) is 79.6 cm³/mol. The zero-order valence-electron chi connectivity index (χ0n) is 12.3. The maximum atomic E-state index is 12.0.